The summed E-state index contributed by atoms with van der Waals surface area (Å²) in [5, 5.41) is -0.0617. The maximum absolute atomic E-state index is 13.0. The number of ether oxygens (including phenoxy) is 1. The predicted octanol–water partition coefficient (Wildman–Crippen LogP) is 2.94. The molecule has 0 bridgehead atoms. The molecule has 5 nitrogen and oxygen atoms in total. The van der Waals surface area contributed by atoms with Crippen LogP contribution < -0.4 is 4.72 Å². The molecule has 0 spiro atoms. The zero-order valence-electron chi connectivity index (χ0n) is 10.5. The Bertz CT molecular complexity index is 585. The average Bonchev–Trinajstić information content (AvgIpc) is 2.33. The molecule has 0 amide bonds. The largest absolute Gasteiger partial charge is 0.469 e. The number of esters is 1. The summed E-state index contributed by atoms with van der Waals surface area (Å²) in [6.07, 6.45) is 0.105. The van der Waals surface area contributed by atoms with Crippen molar-refractivity contribution in [3.63, 3.8) is 0 Å². The molecule has 20 heavy (non-hydrogen) atoms. The molecule has 0 fully saturated rings. The van der Waals surface area contributed by atoms with E-state index in [1.807, 2.05) is 0 Å². The minimum absolute atomic E-state index is 0.00424. The van der Waals surface area contributed by atoms with Crippen LogP contribution in [0.2, 0.25) is 5.02 Å². The van der Waals surface area contributed by atoms with Gasteiger partial charge in [-0.3, -0.25) is 9.52 Å². The van der Waals surface area contributed by atoms with Crippen LogP contribution in [0.3, 0.4) is 0 Å². The molecule has 0 aromatic heterocycles. The Balaban J connectivity index is 2.74. The third-order valence-corrected chi connectivity index (χ3v) is 4.55. The fourth-order valence-electron chi connectivity index (χ4n) is 1.35. The summed E-state index contributed by atoms with van der Waals surface area (Å²) < 4.78 is 43.5. The van der Waals surface area contributed by atoms with E-state index in [9.17, 15) is 17.6 Å². The molecular weight excluding hydrogens is 377 g/mol. The Labute approximate surface area is 129 Å². The minimum Gasteiger partial charge on any atom is -0.469 e. The van der Waals surface area contributed by atoms with Crippen molar-refractivity contribution in [2.45, 2.75) is 12.8 Å². The fraction of sp³-hybridized carbons (Fsp3) is 0.364. The number of nitrogens with one attached hydrogen (secondary N) is 1. The molecule has 1 N–H and O–H groups in total. The molecule has 0 aliphatic heterocycles. The average molecular weight is 389 g/mol. The molecule has 0 unspecified atom stereocenters. The molecule has 0 atom stereocenters. The topological polar surface area (TPSA) is 72.5 Å². The number of anilines is 1. The molecule has 1 aromatic rings. The first-order valence-electron chi connectivity index (χ1n) is 5.47. The molecule has 0 heterocycles. The summed E-state index contributed by atoms with van der Waals surface area (Å²) in [7, 11) is -2.46. The lowest BCUT2D eigenvalue weighted by Gasteiger charge is -2.11. The van der Waals surface area contributed by atoms with Gasteiger partial charge in [0.15, 0.2) is 0 Å². The van der Waals surface area contributed by atoms with Crippen molar-refractivity contribution in [3.8, 4) is 0 Å². The Kier molecular flexibility index (Phi) is 6.22. The smallest absolute Gasteiger partial charge is 0.305 e. The number of sulfonamides is 1. The van der Waals surface area contributed by atoms with E-state index in [0.29, 0.717) is 0 Å². The first-order chi connectivity index (χ1) is 9.25. The molecule has 112 valence electrons. The van der Waals surface area contributed by atoms with Gasteiger partial charge in [-0.05, 0) is 34.5 Å². The van der Waals surface area contributed by atoms with Gasteiger partial charge in [-0.15, -0.1) is 0 Å². The van der Waals surface area contributed by atoms with Crippen LogP contribution in [0.15, 0.2) is 16.6 Å². The maximum atomic E-state index is 13.0. The van der Waals surface area contributed by atoms with Crippen molar-refractivity contribution in [2.75, 3.05) is 17.6 Å². The highest BCUT2D eigenvalue weighted by Gasteiger charge is 2.16. The van der Waals surface area contributed by atoms with Crippen LogP contribution >= 0.6 is 27.5 Å². The van der Waals surface area contributed by atoms with Crippen molar-refractivity contribution < 1.29 is 22.3 Å². The molecule has 0 aliphatic rings. The van der Waals surface area contributed by atoms with Crippen molar-refractivity contribution in [3.05, 3.63) is 27.4 Å². The van der Waals surface area contributed by atoms with Crippen molar-refractivity contribution in [1.29, 1.82) is 0 Å². The highest BCUT2D eigenvalue weighted by atomic mass is 79.9. The third kappa shape index (κ3) is 5.26. The predicted molar refractivity (Wildman–Crippen MR) is 77.8 cm³/mol. The summed E-state index contributed by atoms with van der Waals surface area (Å²) >= 11 is 8.80. The molecule has 0 aliphatic carbocycles. The molecule has 1 aromatic carbocycles. The van der Waals surface area contributed by atoms with E-state index >= 15 is 0 Å². The Morgan fingerprint density at radius 3 is 2.70 bits per heavy atom. The van der Waals surface area contributed by atoms with Gasteiger partial charge >= 0.3 is 5.97 Å². The number of hydrogen-bond donors (Lipinski definition) is 1. The molecule has 1 rings (SSSR count). The van der Waals surface area contributed by atoms with Gasteiger partial charge in [-0.25, -0.2) is 12.8 Å². The van der Waals surface area contributed by atoms with Gasteiger partial charge in [0.05, 0.1) is 23.6 Å². The second kappa shape index (κ2) is 7.24. The number of halogens is 3. The van der Waals surface area contributed by atoms with Crippen LogP contribution in [0.1, 0.15) is 12.8 Å². The lowest BCUT2D eigenvalue weighted by molar-refractivity contribution is -0.140. The molecule has 0 saturated heterocycles. The van der Waals surface area contributed by atoms with Gasteiger partial charge in [0.2, 0.25) is 10.0 Å². The summed E-state index contributed by atoms with van der Waals surface area (Å²) in [6.45, 7) is 0. The Morgan fingerprint density at radius 1 is 1.50 bits per heavy atom. The van der Waals surface area contributed by atoms with Crippen molar-refractivity contribution >= 4 is 49.2 Å². The fourth-order valence-corrected chi connectivity index (χ4v) is 3.60. The summed E-state index contributed by atoms with van der Waals surface area (Å²) in [6, 6.07) is 2.09. The number of methoxy groups -OCH3 is 1. The van der Waals surface area contributed by atoms with Crippen LogP contribution in [-0.2, 0) is 19.6 Å². The van der Waals surface area contributed by atoms with Crippen LogP contribution in [0.4, 0.5) is 10.1 Å². The van der Waals surface area contributed by atoms with E-state index < -0.39 is 21.8 Å². The normalized spacial score (nSPS) is 11.2. The van der Waals surface area contributed by atoms with Crippen LogP contribution in [-0.4, -0.2) is 27.2 Å². The minimum atomic E-state index is -3.69. The summed E-state index contributed by atoms with van der Waals surface area (Å²) in [4.78, 5) is 10.9. The zero-order valence-corrected chi connectivity index (χ0v) is 13.6. The highest BCUT2D eigenvalue weighted by Crippen LogP contribution is 2.32. The summed E-state index contributed by atoms with van der Waals surface area (Å²) in [5.74, 6) is -1.35. The number of benzene rings is 1. The van der Waals surface area contributed by atoms with Gasteiger partial charge in [-0.2, -0.15) is 0 Å². The van der Waals surface area contributed by atoms with Crippen LogP contribution in [0, 0.1) is 5.82 Å². The highest BCUT2D eigenvalue weighted by molar-refractivity contribution is 9.10. The van der Waals surface area contributed by atoms with Gasteiger partial charge < -0.3 is 4.74 Å². The van der Waals surface area contributed by atoms with Gasteiger partial charge in [-0.1, -0.05) is 11.6 Å². The quantitative estimate of drug-likeness (QED) is 0.761. The molecule has 0 radical (unpaired) electrons. The summed E-state index contributed by atoms with van der Waals surface area (Å²) in [5.41, 5.74) is 0.0612. The van der Waals surface area contributed by atoms with Gasteiger partial charge in [0, 0.05) is 10.9 Å². The number of hydrogen-bond acceptors (Lipinski definition) is 4. The SMILES string of the molecule is COC(=O)CCCS(=O)(=O)Nc1c(Cl)cc(F)cc1Br. The van der Waals surface area contributed by atoms with Crippen LogP contribution in [0.25, 0.3) is 0 Å². The van der Waals surface area contributed by atoms with Crippen molar-refractivity contribution in [2.24, 2.45) is 0 Å². The van der Waals surface area contributed by atoms with E-state index in [4.69, 9.17) is 11.6 Å². The third-order valence-electron chi connectivity index (χ3n) is 2.29. The van der Waals surface area contributed by atoms with Crippen LogP contribution in [0.5, 0.6) is 0 Å². The Hall–Kier alpha value is -0.860. The number of rotatable bonds is 6. The van der Waals surface area contributed by atoms with Gasteiger partial charge in [0.1, 0.15) is 5.82 Å². The second-order valence-corrected chi connectivity index (χ2v) is 6.95. The first kappa shape index (κ1) is 17.2. The standard InChI is InChI=1S/C11H12BrClFNO4S/c1-19-10(16)3-2-4-20(17,18)15-11-8(12)5-7(14)6-9(11)13/h5-6,15H,2-4H2,1H3. The van der Waals surface area contributed by atoms with Crippen molar-refractivity contribution in [1.82, 2.24) is 0 Å². The van der Waals surface area contributed by atoms with E-state index in [1.165, 1.54) is 7.11 Å². The number of carbonyl (C=O) groups is 1. The monoisotopic (exact) mass is 387 g/mol. The van der Waals surface area contributed by atoms with E-state index in [-0.39, 0.29) is 33.8 Å². The lowest BCUT2D eigenvalue weighted by Crippen LogP contribution is -2.18. The van der Waals surface area contributed by atoms with E-state index in [2.05, 4.69) is 25.4 Å². The second-order valence-electron chi connectivity index (χ2n) is 3.85. The lowest BCUT2D eigenvalue weighted by atomic mass is 10.3. The maximum Gasteiger partial charge on any atom is 0.305 e. The zero-order chi connectivity index (χ0) is 15.3. The molecule has 0 saturated carbocycles. The number of carbonyl (C=O) groups excluding carboxylic acids is 1. The Morgan fingerprint density at radius 2 is 2.15 bits per heavy atom. The van der Waals surface area contributed by atoms with Gasteiger partial charge in [0.25, 0.3) is 0 Å². The van der Waals surface area contributed by atoms with E-state index in [0.717, 1.165) is 12.1 Å². The van der Waals surface area contributed by atoms with E-state index in [1.54, 1.807) is 0 Å². The molecule has 9 heteroatoms. The first-order valence-corrected chi connectivity index (χ1v) is 8.29. The molecular formula is C11H12BrClFNO4S.